The summed E-state index contributed by atoms with van der Waals surface area (Å²) < 4.78 is 5.22. The van der Waals surface area contributed by atoms with E-state index >= 15 is 0 Å². The molecular weight excluding hydrogens is 280 g/mol. The number of rotatable bonds is 12. The van der Waals surface area contributed by atoms with Gasteiger partial charge in [-0.3, -0.25) is 4.89 Å². The zero-order valence-electron chi connectivity index (χ0n) is 13.8. The van der Waals surface area contributed by atoms with Crippen LogP contribution in [0.4, 0.5) is 0 Å². The highest BCUT2D eigenvalue weighted by Gasteiger charge is 2.08. The number of carbonyl (C=O) groups is 1. The van der Waals surface area contributed by atoms with Gasteiger partial charge < -0.3 is 4.74 Å². The van der Waals surface area contributed by atoms with E-state index in [0.29, 0.717) is 18.8 Å². The van der Waals surface area contributed by atoms with E-state index in [1.54, 1.807) is 12.1 Å². The minimum atomic E-state index is -0.465. The summed E-state index contributed by atoms with van der Waals surface area (Å²) in [5, 5.41) is 0. The van der Waals surface area contributed by atoms with E-state index in [2.05, 4.69) is 6.92 Å². The van der Waals surface area contributed by atoms with Gasteiger partial charge in [-0.05, 0) is 37.0 Å². The van der Waals surface area contributed by atoms with Crippen molar-refractivity contribution in [1.82, 2.24) is 0 Å². The number of hydrogen-bond donors (Lipinski definition) is 0. The molecule has 124 valence electrons. The Balaban J connectivity index is 2.22. The highest BCUT2D eigenvalue weighted by molar-refractivity contribution is 5.88. The summed E-state index contributed by atoms with van der Waals surface area (Å²) in [5.41, 5.74) is 1.76. The minimum Gasteiger partial charge on any atom is -0.379 e. The Hall–Kier alpha value is -1.39. The molecule has 0 saturated heterocycles. The Kier molecular flexibility index (Phi) is 10.3. The van der Waals surface area contributed by atoms with Gasteiger partial charge in [0.15, 0.2) is 0 Å². The van der Waals surface area contributed by atoms with Crippen molar-refractivity contribution in [3.8, 4) is 0 Å². The molecule has 1 rings (SSSR count). The molecule has 0 aliphatic rings. The van der Waals surface area contributed by atoms with E-state index in [0.717, 1.165) is 12.8 Å². The standard InChI is InChI=1S/C18H28O4/c1-3-5-6-7-8-16-9-11-17(12-10-16)18(19)22-21-15-14-20-13-4-2/h9-12H,3-8,13-15H2,1-2H3. The van der Waals surface area contributed by atoms with Gasteiger partial charge in [0.2, 0.25) is 0 Å². The third-order valence-electron chi connectivity index (χ3n) is 3.30. The van der Waals surface area contributed by atoms with Crippen LogP contribution in [0.2, 0.25) is 0 Å². The van der Waals surface area contributed by atoms with Crippen LogP contribution < -0.4 is 0 Å². The van der Waals surface area contributed by atoms with Gasteiger partial charge in [0.05, 0.1) is 12.2 Å². The smallest absolute Gasteiger partial charge is 0.373 e. The quantitative estimate of drug-likeness (QED) is 0.327. The molecule has 0 saturated carbocycles. The molecule has 0 unspecified atom stereocenters. The molecule has 0 aliphatic carbocycles. The third-order valence-corrected chi connectivity index (χ3v) is 3.30. The fourth-order valence-corrected chi connectivity index (χ4v) is 2.05. The molecule has 0 bridgehead atoms. The first kappa shape index (κ1) is 18.7. The number of ether oxygens (including phenoxy) is 1. The minimum absolute atomic E-state index is 0.251. The van der Waals surface area contributed by atoms with Gasteiger partial charge in [-0.25, -0.2) is 4.79 Å². The lowest BCUT2D eigenvalue weighted by Crippen LogP contribution is -2.10. The topological polar surface area (TPSA) is 44.8 Å². The number of aryl methyl sites for hydroxylation is 1. The molecule has 1 aromatic rings. The summed E-state index contributed by atoms with van der Waals surface area (Å²) in [6.07, 6.45) is 7.00. The predicted molar refractivity (Wildman–Crippen MR) is 86.8 cm³/mol. The first-order valence-electron chi connectivity index (χ1n) is 8.28. The first-order valence-corrected chi connectivity index (χ1v) is 8.28. The Morgan fingerprint density at radius 1 is 0.909 bits per heavy atom. The second kappa shape index (κ2) is 12.2. The highest BCUT2D eigenvalue weighted by atomic mass is 17.2. The monoisotopic (exact) mass is 308 g/mol. The number of benzene rings is 1. The Morgan fingerprint density at radius 2 is 1.68 bits per heavy atom. The molecule has 0 spiro atoms. The van der Waals surface area contributed by atoms with E-state index in [9.17, 15) is 4.79 Å². The molecule has 22 heavy (non-hydrogen) atoms. The predicted octanol–water partition coefficient (Wildman–Crippen LogP) is 4.32. The third kappa shape index (κ3) is 8.15. The summed E-state index contributed by atoms with van der Waals surface area (Å²) in [6, 6.07) is 7.53. The van der Waals surface area contributed by atoms with Crippen LogP contribution >= 0.6 is 0 Å². The van der Waals surface area contributed by atoms with Crippen molar-refractivity contribution in [2.45, 2.75) is 52.4 Å². The lowest BCUT2D eigenvalue weighted by atomic mass is 10.0. The van der Waals surface area contributed by atoms with Crippen molar-refractivity contribution in [2.75, 3.05) is 19.8 Å². The van der Waals surface area contributed by atoms with Gasteiger partial charge in [0.25, 0.3) is 0 Å². The van der Waals surface area contributed by atoms with Gasteiger partial charge >= 0.3 is 5.97 Å². The fourth-order valence-electron chi connectivity index (χ4n) is 2.05. The van der Waals surface area contributed by atoms with Gasteiger partial charge in [-0.2, -0.15) is 4.89 Å². The van der Waals surface area contributed by atoms with Crippen LogP contribution in [0.3, 0.4) is 0 Å². The average molecular weight is 308 g/mol. The van der Waals surface area contributed by atoms with Crippen molar-refractivity contribution < 1.29 is 19.3 Å². The second-order valence-corrected chi connectivity index (χ2v) is 5.31. The molecule has 0 fully saturated rings. The molecule has 0 atom stereocenters. The lowest BCUT2D eigenvalue weighted by molar-refractivity contribution is -0.247. The van der Waals surface area contributed by atoms with Crippen molar-refractivity contribution in [2.24, 2.45) is 0 Å². The molecule has 0 heterocycles. The lowest BCUT2D eigenvalue weighted by Gasteiger charge is -2.05. The Morgan fingerprint density at radius 3 is 2.36 bits per heavy atom. The zero-order valence-corrected chi connectivity index (χ0v) is 13.8. The molecule has 0 radical (unpaired) electrons. The summed E-state index contributed by atoms with van der Waals surface area (Å²) in [5.74, 6) is -0.465. The Bertz CT molecular complexity index is 400. The maximum Gasteiger partial charge on any atom is 0.373 e. The van der Waals surface area contributed by atoms with E-state index in [-0.39, 0.29) is 6.61 Å². The largest absolute Gasteiger partial charge is 0.379 e. The molecule has 4 nitrogen and oxygen atoms in total. The number of unbranched alkanes of at least 4 members (excludes halogenated alkanes) is 3. The normalized spacial score (nSPS) is 10.6. The number of hydrogen-bond acceptors (Lipinski definition) is 4. The van der Waals surface area contributed by atoms with E-state index in [1.807, 2.05) is 19.1 Å². The second-order valence-electron chi connectivity index (χ2n) is 5.31. The summed E-state index contributed by atoms with van der Waals surface area (Å²) in [4.78, 5) is 21.3. The molecule has 0 amide bonds. The van der Waals surface area contributed by atoms with Gasteiger partial charge in [0, 0.05) is 6.61 Å². The highest BCUT2D eigenvalue weighted by Crippen LogP contribution is 2.10. The molecule has 1 aromatic carbocycles. The van der Waals surface area contributed by atoms with Crippen LogP contribution in [0, 0.1) is 0 Å². The average Bonchev–Trinajstić information content (AvgIpc) is 2.55. The Labute approximate surface area is 133 Å². The van der Waals surface area contributed by atoms with Crippen LogP contribution in [-0.4, -0.2) is 25.8 Å². The van der Waals surface area contributed by atoms with Crippen LogP contribution in [0.5, 0.6) is 0 Å². The van der Waals surface area contributed by atoms with Crippen LogP contribution in [0.1, 0.15) is 61.9 Å². The van der Waals surface area contributed by atoms with Crippen LogP contribution in [-0.2, 0) is 20.9 Å². The van der Waals surface area contributed by atoms with Gasteiger partial charge in [-0.1, -0.05) is 45.2 Å². The number of carbonyl (C=O) groups excluding carboxylic acids is 1. The van der Waals surface area contributed by atoms with Gasteiger partial charge in [0.1, 0.15) is 6.61 Å². The molecule has 0 aliphatic heterocycles. The summed E-state index contributed by atoms with van der Waals surface area (Å²) >= 11 is 0. The summed E-state index contributed by atoms with van der Waals surface area (Å²) in [7, 11) is 0. The summed E-state index contributed by atoms with van der Waals surface area (Å²) in [6.45, 7) is 5.61. The van der Waals surface area contributed by atoms with Crippen molar-refractivity contribution in [3.05, 3.63) is 35.4 Å². The van der Waals surface area contributed by atoms with Crippen molar-refractivity contribution in [1.29, 1.82) is 0 Å². The van der Waals surface area contributed by atoms with E-state index in [4.69, 9.17) is 14.5 Å². The maximum atomic E-state index is 11.8. The molecule has 0 aromatic heterocycles. The maximum absolute atomic E-state index is 11.8. The first-order chi connectivity index (χ1) is 10.8. The van der Waals surface area contributed by atoms with Crippen molar-refractivity contribution >= 4 is 5.97 Å². The van der Waals surface area contributed by atoms with Crippen LogP contribution in [0.25, 0.3) is 0 Å². The zero-order chi connectivity index (χ0) is 16.0. The fraction of sp³-hybridized carbons (Fsp3) is 0.611. The molecule has 0 N–H and O–H groups in total. The molecular formula is C18H28O4. The van der Waals surface area contributed by atoms with Gasteiger partial charge in [-0.15, -0.1) is 0 Å². The van der Waals surface area contributed by atoms with Crippen LogP contribution in [0.15, 0.2) is 24.3 Å². The van der Waals surface area contributed by atoms with E-state index in [1.165, 1.54) is 31.2 Å². The molecule has 4 heteroatoms. The van der Waals surface area contributed by atoms with Crippen molar-refractivity contribution in [3.63, 3.8) is 0 Å². The van der Waals surface area contributed by atoms with E-state index < -0.39 is 5.97 Å². The SMILES string of the molecule is CCCCCCc1ccc(C(=O)OOCCOCCC)cc1.